The maximum atomic E-state index is 6.49. The molecule has 44 heavy (non-hydrogen) atoms. The number of hydrogen-bond acceptors (Lipinski definition) is 2. The predicted molar refractivity (Wildman–Crippen MR) is 186 cm³/mol. The number of nitrogens with zero attached hydrogens (tertiary/aromatic N) is 1. The van der Waals surface area contributed by atoms with Crippen LogP contribution in [0.5, 0.6) is 0 Å². The normalized spacial score (nSPS) is 11.6. The molecule has 1 aromatic heterocycles. The molecule has 2 nitrogen and oxygen atoms in total. The lowest BCUT2D eigenvalue weighted by molar-refractivity contribution is 0.672. The molecule has 9 aromatic rings. The number of rotatable bonds is 4. The first-order valence-corrected chi connectivity index (χ1v) is 15.0. The second-order valence-electron chi connectivity index (χ2n) is 11.4. The molecular formula is C42H27NO. The molecule has 2 heteroatoms. The molecule has 0 saturated carbocycles. The van der Waals surface area contributed by atoms with Gasteiger partial charge in [-0.1, -0.05) is 121 Å². The van der Waals surface area contributed by atoms with Crippen molar-refractivity contribution in [2.45, 2.75) is 0 Å². The van der Waals surface area contributed by atoms with Crippen molar-refractivity contribution in [1.29, 1.82) is 0 Å². The fraction of sp³-hybridized carbons (Fsp3) is 0. The molecule has 0 spiro atoms. The Labute approximate surface area is 255 Å². The first-order valence-electron chi connectivity index (χ1n) is 15.0. The number of anilines is 3. The maximum Gasteiger partial charge on any atom is 0.143 e. The maximum absolute atomic E-state index is 6.49. The quantitative estimate of drug-likeness (QED) is 0.212. The third-order valence-corrected chi connectivity index (χ3v) is 8.82. The van der Waals surface area contributed by atoms with Crippen molar-refractivity contribution in [3.8, 4) is 11.1 Å². The molecule has 0 saturated heterocycles. The van der Waals surface area contributed by atoms with Gasteiger partial charge < -0.3 is 9.32 Å². The van der Waals surface area contributed by atoms with E-state index in [1.165, 1.54) is 32.7 Å². The summed E-state index contributed by atoms with van der Waals surface area (Å²) in [6, 6.07) is 58.6. The van der Waals surface area contributed by atoms with Crippen LogP contribution in [-0.2, 0) is 0 Å². The molecule has 1 heterocycles. The van der Waals surface area contributed by atoms with Gasteiger partial charge in [0.05, 0.1) is 5.69 Å². The smallest absolute Gasteiger partial charge is 0.143 e. The summed E-state index contributed by atoms with van der Waals surface area (Å²) in [5.74, 6) is 0. The van der Waals surface area contributed by atoms with Gasteiger partial charge in [0.2, 0.25) is 0 Å². The SMILES string of the molecule is c1ccc(-c2ccc(N(c3ccc4ccccc4c3)c3ccc4ccc5c6ccccc6oc5c4c3)c3ccccc23)cc1. The minimum Gasteiger partial charge on any atom is -0.455 e. The molecule has 0 aliphatic heterocycles. The van der Waals surface area contributed by atoms with Crippen molar-refractivity contribution in [3.05, 3.63) is 164 Å². The molecule has 9 rings (SSSR count). The standard InChI is InChI=1S/C42H27NO/c1-2-11-29(12-3-1)34-24-25-40(36-15-7-6-14-35(34)36)43(32-21-18-28-10-4-5-13-31(28)26-32)33-22-19-30-20-23-38-37-16-8-9-17-41(37)44-42(38)39(30)27-33/h1-27H. The van der Waals surface area contributed by atoms with Crippen LogP contribution in [-0.4, -0.2) is 0 Å². The molecule has 0 N–H and O–H groups in total. The van der Waals surface area contributed by atoms with E-state index in [1.54, 1.807) is 0 Å². The van der Waals surface area contributed by atoms with Gasteiger partial charge in [-0.15, -0.1) is 0 Å². The lowest BCUT2D eigenvalue weighted by Gasteiger charge is -2.28. The molecule has 0 aliphatic rings. The second kappa shape index (κ2) is 9.86. The van der Waals surface area contributed by atoms with E-state index in [0.717, 1.165) is 49.8 Å². The summed E-state index contributed by atoms with van der Waals surface area (Å²) in [5, 5.41) is 9.40. The highest BCUT2D eigenvalue weighted by atomic mass is 16.3. The average molecular weight is 562 g/mol. The van der Waals surface area contributed by atoms with Crippen molar-refractivity contribution in [2.24, 2.45) is 0 Å². The Bertz CT molecular complexity index is 2510. The molecule has 0 unspecified atom stereocenters. The van der Waals surface area contributed by atoms with E-state index in [1.807, 2.05) is 12.1 Å². The van der Waals surface area contributed by atoms with Crippen LogP contribution in [0.15, 0.2) is 168 Å². The summed E-state index contributed by atoms with van der Waals surface area (Å²) in [5.41, 5.74) is 7.60. The van der Waals surface area contributed by atoms with Crippen molar-refractivity contribution in [3.63, 3.8) is 0 Å². The minimum absolute atomic E-state index is 0.911. The first-order chi connectivity index (χ1) is 21.8. The first kappa shape index (κ1) is 24.7. The van der Waals surface area contributed by atoms with Crippen molar-refractivity contribution >= 4 is 71.3 Å². The number of hydrogen-bond donors (Lipinski definition) is 0. The van der Waals surface area contributed by atoms with Crippen LogP contribution in [0.4, 0.5) is 17.1 Å². The van der Waals surface area contributed by atoms with Crippen molar-refractivity contribution in [2.75, 3.05) is 4.90 Å². The Morgan fingerprint density at radius 3 is 1.91 bits per heavy atom. The van der Waals surface area contributed by atoms with Crippen molar-refractivity contribution in [1.82, 2.24) is 0 Å². The number of furan rings is 1. The summed E-state index contributed by atoms with van der Waals surface area (Å²) in [6.45, 7) is 0. The van der Waals surface area contributed by atoms with E-state index in [4.69, 9.17) is 4.42 Å². The molecule has 8 aromatic carbocycles. The lowest BCUT2D eigenvalue weighted by Crippen LogP contribution is -2.10. The number of fused-ring (bicyclic) bond motifs is 7. The molecule has 0 aliphatic carbocycles. The molecule has 0 atom stereocenters. The van der Waals surface area contributed by atoms with Gasteiger partial charge in [0.25, 0.3) is 0 Å². The molecule has 0 radical (unpaired) electrons. The third kappa shape index (κ3) is 3.89. The van der Waals surface area contributed by atoms with Gasteiger partial charge in [0, 0.05) is 32.9 Å². The third-order valence-electron chi connectivity index (χ3n) is 8.82. The summed E-state index contributed by atoms with van der Waals surface area (Å²) in [7, 11) is 0. The monoisotopic (exact) mass is 561 g/mol. The zero-order chi connectivity index (χ0) is 29.0. The van der Waals surface area contributed by atoms with E-state index in [-0.39, 0.29) is 0 Å². The van der Waals surface area contributed by atoms with E-state index >= 15 is 0 Å². The van der Waals surface area contributed by atoms with E-state index < -0.39 is 0 Å². The largest absolute Gasteiger partial charge is 0.455 e. The van der Waals surface area contributed by atoms with Gasteiger partial charge >= 0.3 is 0 Å². The van der Waals surface area contributed by atoms with Gasteiger partial charge in [-0.05, 0) is 75.1 Å². The Hall–Kier alpha value is -5.86. The van der Waals surface area contributed by atoms with Crippen molar-refractivity contribution < 1.29 is 4.42 Å². The zero-order valence-corrected chi connectivity index (χ0v) is 23.9. The topological polar surface area (TPSA) is 16.4 Å². The van der Waals surface area contributed by atoms with Crippen LogP contribution in [0.3, 0.4) is 0 Å². The van der Waals surface area contributed by atoms with E-state index in [9.17, 15) is 0 Å². The Morgan fingerprint density at radius 2 is 1.05 bits per heavy atom. The lowest BCUT2D eigenvalue weighted by atomic mass is 9.96. The van der Waals surface area contributed by atoms with Crippen LogP contribution >= 0.6 is 0 Å². The Kier molecular flexibility index (Phi) is 5.54. The van der Waals surface area contributed by atoms with Crippen LogP contribution in [0.25, 0.3) is 65.4 Å². The Morgan fingerprint density at radius 1 is 0.386 bits per heavy atom. The molecule has 206 valence electrons. The summed E-state index contributed by atoms with van der Waals surface area (Å²) < 4.78 is 6.49. The van der Waals surface area contributed by atoms with Gasteiger partial charge in [-0.2, -0.15) is 0 Å². The van der Waals surface area contributed by atoms with Gasteiger partial charge in [-0.25, -0.2) is 0 Å². The van der Waals surface area contributed by atoms with Crippen LogP contribution in [0.1, 0.15) is 0 Å². The fourth-order valence-corrected chi connectivity index (χ4v) is 6.72. The fourth-order valence-electron chi connectivity index (χ4n) is 6.72. The summed E-state index contributed by atoms with van der Waals surface area (Å²) >= 11 is 0. The zero-order valence-electron chi connectivity index (χ0n) is 23.9. The van der Waals surface area contributed by atoms with E-state index in [0.29, 0.717) is 0 Å². The average Bonchev–Trinajstić information content (AvgIpc) is 3.48. The van der Waals surface area contributed by atoms with Gasteiger partial charge in [0.15, 0.2) is 0 Å². The van der Waals surface area contributed by atoms with Gasteiger partial charge in [0.1, 0.15) is 11.2 Å². The Balaban J connectivity index is 1.33. The second-order valence-corrected chi connectivity index (χ2v) is 11.4. The highest BCUT2D eigenvalue weighted by Crippen LogP contribution is 2.44. The van der Waals surface area contributed by atoms with E-state index in [2.05, 4.69) is 157 Å². The van der Waals surface area contributed by atoms with Gasteiger partial charge in [-0.3, -0.25) is 0 Å². The highest BCUT2D eigenvalue weighted by molar-refractivity contribution is 6.16. The van der Waals surface area contributed by atoms with Crippen LogP contribution < -0.4 is 4.90 Å². The predicted octanol–water partition coefficient (Wildman–Crippen LogP) is 12.2. The molecular weight excluding hydrogens is 534 g/mol. The number of para-hydroxylation sites is 1. The van der Waals surface area contributed by atoms with Crippen LogP contribution in [0.2, 0.25) is 0 Å². The summed E-state index contributed by atoms with van der Waals surface area (Å²) in [4.78, 5) is 2.39. The number of benzene rings is 8. The molecule has 0 amide bonds. The van der Waals surface area contributed by atoms with Crippen LogP contribution in [0, 0.1) is 0 Å². The highest BCUT2D eigenvalue weighted by Gasteiger charge is 2.19. The summed E-state index contributed by atoms with van der Waals surface area (Å²) in [6.07, 6.45) is 0. The molecule has 0 bridgehead atoms. The minimum atomic E-state index is 0.911. The molecule has 0 fully saturated rings.